The van der Waals surface area contributed by atoms with Crippen molar-refractivity contribution in [1.29, 1.82) is 0 Å². The number of rotatable bonds is 1. The molecule has 0 aliphatic rings. The predicted octanol–water partition coefficient (Wildman–Crippen LogP) is 1.00. The molecule has 0 aromatic rings. The van der Waals surface area contributed by atoms with Crippen LogP contribution in [0.2, 0.25) is 0 Å². The van der Waals surface area contributed by atoms with Gasteiger partial charge in [-0.3, -0.25) is 12.7 Å². The summed E-state index contributed by atoms with van der Waals surface area (Å²) in [7, 11) is 0. The van der Waals surface area contributed by atoms with Gasteiger partial charge in [0.15, 0.2) is 0 Å². The van der Waals surface area contributed by atoms with Crippen molar-refractivity contribution in [2.24, 2.45) is 0 Å². The van der Waals surface area contributed by atoms with Gasteiger partial charge in [-0.05, 0) is 0 Å². The van der Waals surface area contributed by atoms with Gasteiger partial charge in [0.25, 0.3) is 0 Å². The minimum absolute atomic E-state index is 0. The first kappa shape index (κ1) is 9.37. The van der Waals surface area contributed by atoms with E-state index in [0.29, 0.717) is 0 Å². The van der Waals surface area contributed by atoms with Gasteiger partial charge >= 0.3 is 18.6 Å². The third-order valence-electron chi connectivity index (χ3n) is 0.241. The van der Waals surface area contributed by atoms with Gasteiger partial charge in [-0.1, -0.05) is 0 Å². The smallest absolute Gasteiger partial charge is 0.908 e. The van der Waals surface area contributed by atoms with Gasteiger partial charge in [0.2, 0.25) is 0 Å². The average Bonchev–Trinajstić information content (AvgIpc) is 1.38. The van der Waals surface area contributed by atoms with E-state index in [2.05, 4.69) is 0 Å². The van der Waals surface area contributed by atoms with E-state index in [1.807, 2.05) is 0 Å². The van der Waals surface area contributed by atoms with Crippen LogP contribution in [0.25, 0.3) is 5.41 Å². The molecule has 0 aliphatic heterocycles. The van der Waals surface area contributed by atoms with Crippen molar-refractivity contribution >= 4 is 5.71 Å². The molecule has 0 amide bonds. The number of hydrogen-bond acceptors (Lipinski definition) is 0. The molecule has 0 saturated heterocycles. The maximum Gasteiger partial charge on any atom is 2.00 e. The van der Waals surface area contributed by atoms with Crippen molar-refractivity contribution in [1.82, 2.24) is 0 Å². The van der Waals surface area contributed by atoms with Crippen molar-refractivity contribution in [3.05, 3.63) is 18.1 Å². The second kappa shape index (κ2) is 4.99. The maximum absolute atomic E-state index is 8.10. The van der Waals surface area contributed by atoms with Gasteiger partial charge in [0.1, 0.15) is 0 Å². The molecule has 31 valence electrons. The predicted molar refractivity (Wildman–Crippen MR) is 22.9 cm³/mol. The van der Waals surface area contributed by atoms with E-state index >= 15 is 0 Å². The van der Waals surface area contributed by atoms with Gasteiger partial charge in [-0.2, -0.15) is 0 Å². The fourth-order valence-corrected chi connectivity index (χ4v) is 0. The van der Waals surface area contributed by atoms with Crippen LogP contribution in [0.3, 0.4) is 0 Å². The molecule has 0 bridgehead atoms. The molecule has 1 radical (unpaired) electrons. The van der Waals surface area contributed by atoms with Gasteiger partial charge in [-0.15, -0.1) is 6.92 Å². The Balaban J connectivity index is 0. The van der Waals surface area contributed by atoms with Crippen LogP contribution in [-0.4, -0.2) is 5.71 Å². The summed E-state index contributed by atoms with van der Waals surface area (Å²) in [6, 6.07) is 0. The average molecular weight is 118 g/mol. The third-order valence-corrected chi connectivity index (χ3v) is 0.241. The van der Waals surface area contributed by atoms with E-state index in [-0.39, 0.29) is 24.3 Å². The molecule has 0 rings (SSSR count). The summed E-state index contributed by atoms with van der Waals surface area (Å²) in [4.78, 5) is 0. The minimum Gasteiger partial charge on any atom is -0.908 e. The van der Waals surface area contributed by atoms with Gasteiger partial charge in [0, 0.05) is 0 Å². The van der Waals surface area contributed by atoms with Crippen LogP contribution in [-0.2, 0) is 18.6 Å². The second-order valence-electron chi connectivity index (χ2n) is 0.808. The van der Waals surface area contributed by atoms with Gasteiger partial charge in [0.05, 0.1) is 0 Å². The summed E-state index contributed by atoms with van der Waals surface area (Å²) in [6.45, 7) is 6.27. The van der Waals surface area contributed by atoms with Crippen molar-refractivity contribution in [3.63, 3.8) is 0 Å². The zero-order chi connectivity index (χ0) is 4.28. The van der Waals surface area contributed by atoms with E-state index in [1.165, 1.54) is 6.92 Å². The summed E-state index contributed by atoms with van der Waals surface area (Å²) in [5.41, 5.74) is 0.157. The molecule has 0 unspecified atom stereocenters. The van der Waals surface area contributed by atoms with E-state index < -0.39 is 0 Å². The Morgan fingerprint density at radius 2 is 2.00 bits per heavy atom. The SMILES string of the molecule is [CH-]=CC(C)=[N-].[V+2]. The first-order valence-electron chi connectivity index (χ1n) is 1.35. The fraction of sp³-hybridized carbons (Fsp3) is 0.250. The van der Waals surface area contributed by atoms with Gasteiger partial charge < -0.3 is 11.1 Å². The molecule has 2 heteroatoms. The maximum atomic E-state index is 8.10. The van der Waals surface area contributed by atoms with Crippen molar-refractivity contribution in [3.8, 4) is 0 Å². The molecule has 0 spiro atoms. The van der Waals surface area contributed by atoms with Crippen molar-refractivity contribution < 1.29 is 18.6 Å². The topological polar surface area (TPSA) is 22.3 Å². The zero-order valence-corrected chi connectivity index (χ0v) is 4.95. The van der Waals surface area contributed by atoms with E-state index in [0.717, 1.165) is 6.08 Å². The van der Waals surface area contributed by atoms with Crippen LogP contribution in [0.4, 0.5) is 0 Å². The fourth-order valence-electron chi connectivity index (χ4n) is 0. The molecule has 0 aliphatic carbocycles. The van der Waals surface area contributed by atoms with Crippen LogP contribution in [0.1, 0.15) is 6.92 Å². The summed E-state index contributed by atoms with van der Waals surface area (Å²) in [5.74, 6) is 0. The normalized spacial score (nSPS) is 5.50. The monoisotopic (exact) mass is 118 g/mol. The molecule has 0 fully saturated rings. The molecule has 6 heavy (non-hydrogen) atoms. The molecule has 0 N–H and O–H groups in total. The first-order valence-corrected chi connectivity index (χ1v) is 1.35. The Kier molecular flexibility index (Phi) is 7.80. The minimum atomic E-state index is 0. The Morgan fingerprint density at radius 1 is 1.83 bits per heavy atom. The summed E-state index contributed by atoms with van der Waals surface area (Å²) < 4.78 is 0. The number of nitrogens with zero attached hydrogens (tertiary/aromatic N) is 1. The molecule has 1 nitrogen and oxygen atoms in total. The molecular weight excluding hydrogens is 113 g/mol. The van der Waals surface area contributed by atoms with E-state index in [1.54, 1.807) is 0 Å². The standard InChI is InChI=1S/C4H5N.V/c1-3-4(2)5;/h1,3H,2H3;/q-2;+2. The molecule has 0 saturated carbocycles. The van der Waals surface area contributed by atoms with Crippen LogP contribution >= 0.6 is 0 Å². The first-order chi connectivity index (χ1) is 2.27. The van der Waals surface area contributed by atoms with Crippen LogP contribution in [0.5, 0.6) is 0 Å². The van der Waals surface area contributed by atoms with Crippen LogP contribution in [0.15, 0.2) is 6.08 Å². The molecular formula is C4H5NV. The Morgan fingerprint density at radius 3 is 2.00 bits per heavy atom. The summed E-state index contributed by atoms with van der Waals surface area (Å²) in [5, 5.41) is 8.10. The van der Waals surface area contributed by atoms with E-state index in [4.69, 9.17) is 12.0 Å². The van der Waals surface area contributed by atoms with Gasteiger partial charge in [-0.25, -0.2) is 0 Å². The Labute approximate surface area is 49.8 Å². The largest absolute Gasteiger partial charge is 2.00 e. The third kappa shape index (κ3) is 9.00. The van der Waals surface area contributed by atoms with Crippen LogP contribution < -0.4 is 0 Å². The van der Waals surface area contributed by atoms with E-state index in [9.17, 15) is 0 Å². The van der Waals surface area contributed by atoms with Crippen LogP contribution in [0, 0.1) is 6.58 Å². The number of hydrogen-bond donors (Lipinski definition) is 0. The summed E-state index contributed by atoms with van der Waals surface area (Å²) in [6.07, 6.45) is 1.14. The molecule has 0 aromatic carbocycles. The Bertz CT molecular complexity index is 58.6. The molecule has 0 atom stereocenters. The molecule has 0 aromatic heterocycles. The van der Waals surface area contributed by atoms with Crippen molar-refractivity contribution in [2.45, 2.75) is 6.92 Å². The zero-order valence-electron chi connectivity index (χ0n) is 3.55. The number of allylic oxidation sites excluding steroid dienone is 1. The second-order valence-corrected chi connectivity index (χ2v) is 0.808. The quantitative estimate of drug-likeness (QED) is 0.362. The summed E-state index contributed by atoms with van der Waals surface area (Å²) >= 11 is 0. The van der Waals surface area contributed by atoms with Crippen molar-refractivity contribution in [2.75, 3.05) is 0 Å². The molecule has 0 heterocycles. The Hall–Kier alpha value is -0.00558.